The number of methoxy groups -OCH3 is 2. The molecule has 0 radical (unpaired) electrons. The number of aliphatic hydroxyl groups excluding tert-OH is 1. The van der Waals surface area contributed by atoms with Crippen molar-refractivity contribution < 1.29 is 43.0 Å². The molecule has 3 rings (SSSR count). The van der Waals surface area contributed by atoms with Gasteiger partial charge in [0.2, 0.25) is 0 Å². The van der Waals surface area contributed by atoms with Gasteiger partial charge in [0.1, 0.15) is 17.1 Å². The molecule has 0 spiro atoms. The fraction of sp³-hybridized carbons (Fsp3) is 0.500. The van der Waals surface area contributed by atoms with Crippen LogP contribution in [0.25, 0.3) is 0 Å². The molecule has 0 amide bonds. The van der Waals surface area contributed by atoms with Crippen LogP contribution in [0.15, 0.2) is 78.9 Å². The molecule has 0 saturated carbocycles. The van der Waals surface area contributed by atoms with Crippen LogP contribution in [-0.2, 0) is 34.0 Å². The minimum Gasteiger partial charge on any atom is -0.497 e. The van der Waals surface area contributed by atoms with Gasteiger partial charge >= 0.3 is 0 Å². The molecule has 0 fully saturated rings. The van der Waals surface area contributed by atoms with E-state index in [2.05, 4.69) is 12.1 Å². The predicted octanol–water partition coefficient (Wildman–Crippen LogP) is 3.13. The van der Waals surface area contributed by atoms with Gasteiger partial charge in [0.05, 0.1) is 93.0 Å². The predicted molar refractivity (Wildman–Crippen MR) is 180 cm³/mol. The lowest BCUT2D eigenvalue weighted by atomic mass is 9.79. The molecule has 0 bridgehead atoms. The Hall–Kier alpha value is -3.10. The molecule has 260 valence electrons. The lowest BCUT2D eigenvalue weighted by Crippen LogP contribution is -2.47. The van der Waals surface area contributed by atoms with Gasteiger partial charge in [0.15, 0.2) is 0 Å². The van der Waals surface area contributed by atoms with Crippen LogP contribution < -0.4 is 20.9 Å². The van der Waals surface area contributed by atoms with Crippen molar-refractivity contribution in [2.75, 3.05) is 93.4 Å². The van der Waals surface area contributed by atoms with Crippen molar-refractivity contribution >= 4 is 0 Å². The van der Waals surface area contributed by atoms with E-state index < -0.39 is 17.7 Å². The summed E-state index contributed by atoms with van der Waals surface area (Å²) in [5, 5.41) is 8.68. The maximum absolute atomic E-state index is 8.68. The first-order chi connectivity index (χ1) is 23.1. The van der Waals surface area contributed by atoms with Crippen molar-refractivity contribution in [1.82, 2.24) is 0 Å². The Balaban J connectivity index is 1.68. The van der Waals surface area contributed by atoms with Gasteiger partial charge in [-0.3, -0.25) is 0 Å². The van der Waals surface area contributed by atoms with Crippen LogP contribution in [0.4, 0.5) is 0 Å². The Morgan fingerprint density at radius 1 is 0.596 bits per heavy atom. The first-order valence-corrected chi connectivity index (χ1v) is 16.1. The van der Waals surface area contributed by atoms with Gasteiger partial charge < -0.3 is 54.5 Å². The lowest BCUT2D eigenvalue weighted by molar-refractivity contribution is -0.0991. The second kappa shape index (κ2) is 22.5. The topological polar surface area (TPSA) is 146 Å². The molecule has 0 aliphatic heterocycles. The van der Waals surface area contributed by atoms with Crippen LogP contribution in [0, 0.1) is 0 Å². The fourth-order valence-corrected chi connectivity index (χ4v) is 5.02. The Kier molecular flexibility index (Phi) is 18.3. The molecule has 0 aromatic heterocycles. The molecule has 0 saturated heterocycles. The van der Waals surface area contributed by atoms with E-state index in [-0.39, 0.29) is 13.2 Å². The van der Waals surface area contributed by atoms with Gasteiger partial charge in [-0.15, -0.1) is 0 Å². The second-order valence-corrected chi connectivity index (χ2v) is 10.6. The number of benzene rings is 3. The number of nitrogens with two attached hydrogens (primary N) is 2. The van der Waals surface area contributed by atoms with E-state index in [1.54, 1.807) is 14.2 Å². The highest BCUT2D eigenvalue weighted by molar-refractivity contribution is 5.49. The maximum atomic E-state index is 8.68. The quantitative estimate of drug-likeness (QED) is 0.0866. The summed E-state index contributed by atoms with van der Waals surface area (Å²) >= 11 is 0. The molecule has 0 heterocycles. The number of aliphatic hydroxyl groups is 1. The molecule has 47 heavy (non-hydrogen) atoms. The van der Waals surface area contributed by atoms with Crippen molar-refractivity contribution in [1.29, 1.82) is 0 Å². The average molecular weight is 657 g/mol. The summed E-state index contributed by atoms with van der Waals surface area (Å²) in [7, 11) is 3.29. The van der Waals surface area contributed by atoms with Gasteiger partial charge in [-0.05, 0) is 53.9 Å². The molecular formula is C36H52N2O9. The molecule has 11 nitrogen and oxygen atoms in total. The standard InChI is InChI=1S/C36H52N2O9/c1-40-32-12-8-30(9-13-32)36(29-6-4-3-5-7-29,31-10-14-33(41-2)15-11-31)47-35(34(38)16-17-37)28-46-27-26-45-25-24-44-23-22-43-21-20-42-19-18-39/h3-15,34-35,39H,16-28,37-38H2,1-2H3. The Labute approximate surface area is 278 Å². The van der Waals surface area contributed by atoms with Gasteiger partial charge in [-0.2, -0.15) is 0 Å². The van der Waals surface area contributed by atoms with E-state index in [0.717, 1.165) is 28.2 Å². The van der Waals surface area contributed by atoms with Crippen molar-refractivity contribution in [2.45, 2.75) is 24.2 Å². The van der Waals surface area contributed by atoms with Crippen LogP contribution in [0.3, 0.4) is 0 Å². The zero-order chi connectivity index (χ0) is 33.6. The number of ether oxygens (including phenoxy) is 8. The van der Waals surface area contributed by atoms with Gasteiger partial charge in [0.25, 0.3) is 0 Å². The van der Waals surface area contributed by atoms with Crippen LogP contribution >= 0.6 is 0 Å². The minimum absolute atomic E-state index is 0.00840. The molecule has 5 N–H and O–H groups in total. The van der Waals surface area contributed by atoms with Gasteiger partial charge in [-0.25, -0.2) is 0 Å². The normalized spacial score (nSPS) is 13.0. The monoisotopic (exact) mass is 656 g/mol. The molecule has 0 aliphatic rings. The third-order valence-electron chi connectivity index (χ3n) is 7.48. The highest BCUT2D eigenvalue weighted by Gasteiger charge is 2.41. The van der Waals surface area contributed by atoms with Crippen molar-refractivity contribution in [3.05, 3.63) is 95.6 Å². The summed E-state index contributed by atoms with van der Waals surface area (Å²) in [6.07, 6.45) is 0.0394. The van der Waals surface area contributed by atoms with Crippen LogP contribution in [0.5, 0.6) is 11.5 Å². The van der Waals surface area contributed by atoms with Gasteiger partial charge in [-0.1, -0.05) is 54.6 Å². The van der Waals surface area contributed by atoms with E-state index in [9.17, 15) is 0 Å². The highest BCUT2D eigenvalue weighted by atomic mass is 16.6. The Morgan fingerprint density at radius 2 is 1.02 bits per heavy atom. The van der Waals surface area contributed by atoms with Crippen LogP contribution in [-0.4, -0.2) is 111 Å². The van der Waals surface area contributed by atoms with E-state index in [0.29, 0.717) is 72.4 Å². The summed E-state index contributed by atoms with van der Waals surface area (Å²) in [6, 6.07) is 25.4. The lowest BCUT2D eigenvalue weighted by Gasteiger charge is -2.40. The molecule has 0 aliphatic carbocycles. The summed E-state index contributed by atoms with van der Waals surface area (Å²) in [5.74, 6) is 1.48. The van der Waals surface area contributed by atoms with E-state index >= 15 is 0 Å². The maximum Gasteiger partial charge on any atom is 0.144 e. The molecule has 3 aromatic rings. The number of hydrogen-bond donors (Lipinski definition) is 3. The minimum atomic E-state index is -1.04. The smallest absolute Gasteiger partial charge is 0.144 e. The van der Waals surface area contributed by atoms with E-state index in [4.69, 9.17) is 54.5 Å². The van der Waals surface area contributed by atoms with E-state index in [1.807, 2.05) is 66.7 Å². The molecular weight excluding hydrogens is 604 g/mol. The zero-order valence-electron chi connectivity index (χ0n) is 27.7. The SMILES string of the molecule is COc1ccc(C(OC(COCCOCCOCCOCCOCCO)C(N)CCN)(c2ccccc2)c2ccc(OC)cc2)cc1. The molecule has 2 unspecified atom stereocenters. The van der Waals surface area contributed by atoms with Crippen molar-refractivity contribution in [3.63, 3.8) is 0 Å². The Morgan fingerprint density at radius 3 is 1.45 bits per heavy atom. The highest BCUT2D eigenvalue weighted by Crippen LogP contribution is 2.43. The Bertz CT molecular complexity index is 1150. The summed E-state index contributed by atoms with van der Waals surface area (Å²) in [5.41, 5.74) is 14.4. The first kappa shape index (κ1) is 38.3. The first-order valence-electron chi connectivity index (χ1n) is 16.1. The third-order valence-corrected chi connectivity index (χ3v) is 7.48. The van der Waals surface area contributed by atoms with Crippen molar-refractivity contribution in [3.8, 4) is 11.5 Å². The average Bonchev–Trinajstić information content (AvgIpc) is 3.12. The summed E-state index contributed by atoms with van der Waals surface area (Å²) in [6.45, 7) is 4.44. The second-order valence-electron chi connectivity index (χ2n) is 10.6. The summed E-state index contributed by atoms with van der Waals surface area (Å²) < 4.78 is 46.0. The van der Waals surface area contributed by atoms with Crippen molar-refractivity contribution in [2.24, 2.45) is 11.5 Å². The third kappa shape index (κ3) is 12.5. The summed E-state index contributed by atoms with van der Waals surface area (Å²) in [4.78, 5) is 0. The van der Waals surface area contributed by atoms with Crippen LogP contribution in [0.1, 0.15) is 23.1 Å². The van der Waals surface area contributed by atoms with Crippen LogP contribution in [0.2, 0.25) is 0 Å². The molecule has 11 heteroatoms. The van der Waals surface area contributed by atoms with E-state index in [1.165, 1.54) is 0 Å². The van der Waals surface area contributed by atoms with Gasteiger partial charge in [0, 0.05) is 6.04 Å². The largest absolute Gasteiger partial charge is 0.497 e. The number of rotatable bonds is 26. The fourth-order valence-electron chi connectivity index (χ4n) is 5.02. The number of hydrogen-bond acceptors (Lipinski definition) is 11. The molecule has 3 aromatic carbocycles. The zero-order valence-corrected chi connectivity index (χ0v) is 27.7. The molecule has 2 atom stereocenters.